The highest BCUT2D eigenvalue weighted by Crippen LogP contribution is 2.29. The lowest BCUT2D eigenvalue weighted by Crippen LogP contribution is -2.65. The Hall–Kier alpha value is -0.0800. The number of hydrogen-bond acceptors (Lipinski definition) is 2. The van der Waals surface area contributed by atoms with Gasteiger partial charge >= 0.3 is 0 Å². The fraction of sp³-hybridized carbons (Fsp3) is 1.00. The third kappa shape index (κ3) is 2.48. The molecule has 0 bridgehead atoms. The Morgan fingerprint density at radius 3 is 2.07 bits per heavy atom. The fourth-order valence-corrected chi connectivity index (χ4v) is 2.13. The number of aliphatic hydroxyl groups is 1. The highest BCUT2D eigenvalue weighted by molar-refractivity contribution is 4.97. The maximum absolute atomic E-state index is 10.1. The maximum Gasteiger partial charge on any atom is 0.0922 e. The molecule has 84 valence electrons. The molecule has 0 amide bonds. The number of nitrogens with zero attached hydrogens (tertiary/aromatic N) is 1. The zero-order chi connectivity index (χ0) is 10.8. The summed E-state index contributed by atoms with van der Waals surface area (Å²) in [6.07, 6.45) is 2.51. The second kappa shape index (κ2) is 4.63. The summed E-state index contributed by atoms with van der Waals surface area (Å²) in [6, 6.07) is 0. The maximum atomic E-state index is 10.1. The van der Waals surface area contributed by atoms with Gasteiger partial charge in [0.1, 0.15) is 0 Å². The minimum Gasteiger partial charge on any atom is -0.387 e. The van der Waals surface area contributed by atoms with Crippen molar-refractivity contribution in [2.45, 2.75) is 46.1 Å². The van der Waals surface area contributed by atoms with Gasteiger partial charge in [-0.05, 0) is 11.8 Å². The number of β-amino-alcohol motifs (C(OH)–C–C–N with tert-alkyl or cyclic N) is 1. The molecule has 2 nitrogen and oxygen atoms in total. The van der Waals surface area contributed by atoms with E-state index in [0.717, 1.165) is 19.0 Å². The minimum absolute atomic E-state index is 0.389. The summed E-state index contributed by atoms with van der Waals surface area (Å²) in [5.41, 5.74) is -0.397. The van der Waals surface area contributed by atoms with Gasteiger partial charge in [-0.15, -0.1) is 0 Å². The smallest absolute Gasteiger partial charge is 0.0922 e. The molecule has 1 saturated heterocycles. The average Bonchev–Trinajstić information content (AvgIpc) is 2.10. The Morgan fingerprint density at radius 1 is 1.21 bits per heavy atom. The predicted octanol–water partition coefficient (Wildman–Crippen LogP) is 2.13. The molecule has 1 aliphatic heterocycles. The molecular weight excluding hydrogens is 174 g/mol. The Balaban J connectivity index is 2.27. The van der Waals surface area contributed by atoms with Crippen LogP contribution in [0.25, 0.3) is 0 Å². The highest BCUT2D eigenvalue weighted by Gasteiger charge is 2.43. The van der Waals surface area contributed by atoms with Gasteiger partial charge in [0.05, 0.1) is 5.60 Å². The minimum atomic E-state index is -0.397. The topological polar surface area (TPSA) is 23.5 Å². The first kappa shape index (κ1) is 12.0. The van der Waals surface area contributed by atoms with Crippen LogP contribution in [0.3, 0.4) is 0 Å². The van der Waals surface area contributed by atoms with E-state index in [-0.39, 0.29) is 0 Å². The van der Waals surface area contributed by atoms with E-state index in [9.17, 15) is 5.11 Å². The van der Waals surface area contributed by atoms with Crippen LogP contribution >= 0.6 is 0 Å². The molecule has 0 unspecified atom stereocenters. The molecule has 14 heavy (non-hydrogen) atoms. The second-order valence-electron chi connectivity index (χ2n) is 5.11. The molecule has 1 aliphatic rings. The largest absolute Gasteiger partial charge is 0.387 e. The van der Waals surface area contributed by atoms with Crippen molar-refractivity contribution in [2.75, 3.05) is 19.6 Å². The lowest BCUT2D eigenvalue weighted by molar-refractivity contribution is -0.131. The first-order chi connectivity index (χ1) is 6.51. The van der Waals surface area contributed by atoms with E-state index in [0.29, 0.717) is 5.92 Å². The Labute approximate surface area is 88.3 Å². The van der Waals surface area contributed by atoms with E-state index < -0.39 is 5.60 Å². The number of rotatable bonds is 5. The molecule has 2 heteroatoms. The molecule has 0 aromatic heterocycles. The molecule has 0 atom stereocenters. The summed E-state index contributed by atoms with van der Waals surface area (Å²) >= 11 is 0. The summed E-state index contributed by atoms with van der Waals surface area (Å²) in [5.74, 6) is 1.20. The van der Waals surface area contributed by atoms with Crippen molar-refractivity contribution in [3.05, 3.63) is 0 Å². The molecule has 1 fully saturated rings. The van der Waals surface area contributed by atoms with Crippen molar-refractivity contribution in [1.82, 2.24) is 4.90 Å². The molecule has 0 radical (unpaired) electrons. The van der Waals surface area contributed by atoms with Gasteiger partial charge in [-0.3, -0.25) is 4.90 Å². The molecule has 0 spiro atoms. The van der Waals surface area contributed by atoms with Crippen LogP contribution in [-0.2, 0) is 0 Å². The van der Waals surface area contributed by atoms with Crippen molar-refractivity contribution >= 4 is 0 Å². The summed E-state index contributed by atoms with van der Waals surface area (Å²) in [6.45, 7) is 11.6. The molecule has 0 aliphatic carbocycles. The average molecular weight is 199 g/mol. The van der Waals surface area contributed by atoms with Gasteiger partial charge < -0.3 is 5.11 Å². The lowest BCUT2D eigenvalue weighted by Gasteiger charge is -2.50. The van der Waals surface area contributed by atoms with Crippen LogP contribution in [0.4, 0.5) is 0 Å². The quantitative estimate of drug-likeness (QED) is 0.733. The summed E-state index contributed by atoms with van der Waals surface area (Å²) in [5, 5.41) is 10.1. The van der Waals surface area contributed by atoms with Crippen LogP contribution in [0.15, 0.2) is 0 Å². The van der Waals surface area contributed by atoms with Crippen LogP contribution < -0.4 is 0 Å². The van der Waals surface area contributed by atoms with Crippen LogP contribution in [0.5, 0.6) is 0 Å². The first-order valence-corrected chi connectivity index (χ1v) is 5.96. The number of hydrogen-bond donors (Lipinski definition) is 1. The third-order valence-electron chi connectivity index (χ3n) is 3.74. The van der Waals surface area contributed by atoms with Crippen LogP contribution in [0.2, 0.25) is 0 Å². The van der Waals surface area contributed by atoms with Crippen LogP contribution in [-0.4, -0.2) is 35.2 Å². The molecule has 1 heterocycles. The normalized spacial score (nSPS) is 21.6. The third-order valence-corrected chi connectivity index (χ3v) is 3.74. The highest BCUT2D eigenvalue weighted by atomic mass is 16.3. The Morgan fingerprint density at radius 2 is 1.71 bits per heavy atom. The van der Waals surface area contributed by atoms with E-state index in [2.05, 4.69) is 32.6 Å². The molecule has 1 N–H and O–H groups in total. The summed E-state index contributed by atoms with van der Waals surface area (Å²) < 4.78 is 0. The van der Waals surface area contributed by atoms with Gasteiger partial charge in [0.2, 0.25) is 0 Å². The van der Waals surface area contributed by atoms with Gasteiger partial charge in [0.15, 0.2) is 0 Å². The van der Waals surface area contributed by atoms with E-state index in [1.807, 2.05) is 0 Å². The van der Waals surface area contributed by atoms with Gasteiger partial charge in [-0.25, -0.2) is 0 Å². The molecule has 0 saturated carbocycles. The monoisotopic (exact) mass is 199 g/mol. The SMILES string of the molecule is CCC(CC)CN1CC(O)(C(C)C)C1. The van der Waals surface area contributed by atoms with Crippen LogP contribution in [0, 0.1) is 11.8 Å². The van der Waals surface area contributed by atoms with Crippen molar-refractivity contribution in [2.24, 2.45) is 11.8 Å². The van der Waals surface area contributed by atoms with E-state index in [4.69, 9.17) is 0 Å². The van der Waals surface area contributed by atoms with Gasteiger partial charge in [0, 0.05) is 19.6 Å². The van der Waals surface area contributed by atoms with Gasteiger partial charge in [-0.2, -0.15) is 0 Å². The van der Waals surface area contributed by atoms with Crippen molar-refractivity contribution in [1.29, 1.82) is 0 Å². The molecule has 0 aromatic rings. The zero-order valence-electron chi connectivity index (χ0n) is 10.1. The lowest BCUT2D eigenvalue weighted by atomic mass is 9.82. The van der Waals surface area contributed by atoms with Crippen LogP contribution in [0.1, 0.15) is 40.5 Å². The van der Waals surface area contributed by atoms with Crippen molar-refractivity contribution < 1.29 is 5.11 Å². The van der Waals surface area contributed by atoms with E-state index >= 15 is 0 Å². The van der Waals surface area contributed by atoms with E-state index in [1.54, 1.807) is 0 Å². The van der Waals surface area contributed by atoms with Crippen molar-refractivity contribution in [3.8, 4) is 0 Å². The van der Waals surface area contributed by atoms with Gasteiger partial charge in [0.25, 0.3) is 0 Å². The number of likely N-dealkylation sites (tertiary alicyclic amines) is 1. The molecule has 0 aromatic carbocycles. The summed E-state index contributed by atoms with van der Waals surface area (Å²) in [7, 11) is 0. The standard InChI is InChI=1S/C12H25NO/c1-5-11(6-2)7-13-8-12(14,9-13)10(3)4/h10-11,14H,5-9H2,1-4H3. The second-order valence-corrected chi connectivity index (χ2v) is 5.11. The molecular formula is C12H25NO. The Kier molecular flexibility index (Phi) is 3.96. The van der Waals surface area contributed by atoms with Gasteiger partial charge in [-0.1, -0.05) is 40.5 Å². The zero-order valence-corrected chi connectivity index (χ0v) is 10.1. The fourth-order valence-electron chi connectivity index (χ4n) is 2.13. The molecule has 1 rings (SSSR count). The van der Waals surface area contributed by atoms with E-state index in [1.165, 1.54) is 19.4 Å². The Bertz CT molecular complexity index is 166. The van der Waals surface area contributed by atoms with Crippen molar-refractivity contribution in [3.63, 3.8) is 0 Å². The predicted molar refractivity (Wildman–Crippen MR) is 60.3 cm³/mol. The summed E-state index contributed by atoms with van der Waals surface area (Å²) in [4.78, 5) is 2.39. The first-order valence-electron chi connectivity index (χ1n) is 5.96.